The van der Waals surface area contributed by atoms with Crippen molar-refractivity contribution < 1.29 is 19.0 Å². The highest BCUT2D eigenvalue weighted by atomic mass is 19.1. The summed E-state index contributed by atoms with van der Waals surface area (Å²) in [6, 6.07) is 4.46. The van der Waals surface area contributed by atoms with Crippen LogP contribution in [0.1, 0.15) is 25.3 Å². The van der Waals surface area contributed by atoms with Crippen LogP contribution < -0.4 is 10.1 Å². The molecule has 110 valence electrons. The van der Waals surface area contributed by atoms with Gasteiger partial charge >= 0.3 is 0 Å². The van der Waals surface area contributed by atoms with Crippen LogP contribution in [-0.4, -0.2) is 30.8 Å². The minimum absolute atomic E-state index is 0.167. The summed E-state index contributed by atoms with van der Waals surface area (Å²) < 4.78 is 18.2. The summed E-state index contributed by atoms with van der Waals surface area (Å²) in [6.45, 7) is 2.29. The normalized spacial score (nSPS) is 12.4. The van der Waals surface area contributed by atoms with E-state index in [1.807, 2.05) is 6.92 Å². The molecule has 2 N–H and O–H groups in total. The molecule has 20 heavy (non-hydrogen) atoms. The van der Waals surface area contributed by atoms with Gasteiger partial charge in [0.1, 0.15) is 0 Å². The van der Waals surface area contributed by atoms with E-state index in [9.17, 15) is 14.3 Å². The first-order valence-corrected chi connectivity index (χ1v) is 6.54. The van der Waals surface area contributed by atoms with Gasteiger partial charge in [0.15, 0.2) is 11.6 Å². The first-order valence-electron chi connectivity index (χ1n) is 6.54. The second kappa shape index (κ2) is 8.32. The van der Waals surface area contributed by atoms with Gasteiger partial charge in [-0.25, -0.2) is 4.39 Å². The van der Waals surface area contributed by atoms with Gasteiger partial charge in [0.2, 0.25) is 5.91 Å². The summed E-state index contributed by atoms with van der Waals surface area (Å²) in [6.07, 6.45) is 3.65. The lowest BCUT2D eigenvalue weighted by molar-refractivity contribution is -0.116. The molecule has 0 aliphatic heterocycles. The molecule has 0 spiro atoms. The van der Waals surface area contributed by atoms with E-state index < -0.39 is 11.9 Å². The third kappa shape index (κ3) is 5.40. The highest BCUT2D eigenvalue weighted by Gasteiger charge is 2.03. The number of rotatable bonds is 7. The molecule has 0 aliphatic rings. The Kier molecular flexibility index (Phi) is 6.73. The van der Waals surface area contributed by atoms with E-state index in [4.69, 9.17) is 4.74 Å². The average molecular weight is 281 g/mol. The fourth-order valence-corrected chi connectivity index (χ4v) is 1.58. The topological polar surface area (TPSA) is 58.6 Å². The van der Waals surface area contributed by atoms with Gasteiger partial charge in [-0.15, -0.1) is 0 Å². The van der Waals surface area contributed by atoms with Crippen molar-refractivity contribution >= 4 is 12.0 Å². The number of hydrogen-bond acceptors (Lipinski definition) is 3. The second-order valence-corrected chi connectivity index (χ2v) is 4.37. The fourth-order valence-electron chi connectivity index (χ4n) is 1.58. The van der Waals surface area contributed by atoms with Gasteiger partial charge in [-0.2, -0.15) is 0 Å². The number of aliphatic hydroxyl groups excluding tert-OH is 1. The van der Waals surface area contributed by atoms with Gasteiger partial charge in [0.25, 0.3) is 0 Å². The number of aliphatic hydroxyl groups is 1. The molecule has 0 radical (unpaired) electrons. The van der Waals surface area contributed by atoms with E-state index >= 15 is 0 Å². The number of halogens is 1. The lowest BCUT2D eigenvalue weighted by Crippen LogP contribution is -2.25. The Hall–Kier alpha value is -1.88. The summed E-state index contributed by atoms with van der Waals surface area (Å²) in [5, 5.41) is 12.0. The molecular weight excluding hydrogens is 261 g/mol. The van der Waals surface area contributed by atoms with E-state index in [0.717, 1.165) is 0 Å². The maximum atomic E-state index is 13.4. The maximum Gasteiger partial charge on any atom is 0.244 e. The van der Waals surface area contributed by atoms with Crippen molar-refractivity contribution in [3.05, 3.63) is 35.7 Å². The third-order valence-corrected chi connectivity index (χ3v) is 2.85. The van der Waals surface area contributed by atoms with Gasteiger partial charge in [-0.05, 0) is 36.6 Å². The van der Waals surface area contributed by atoms with Crippen LogP contribution in [-0.2, 0) is 4.79 Å². The van der Waals surface area contributed by atoms with Gasteiger partial charge in [0.05, 0.1) is 13.2 Å². The highest BCUT2D eigenvalue weighted by Crippen LogP contribution is 2.18. The number of carbonyl (C=O) groups excluding carboxylic acids is 1. The predicted octanol–water partition coefficient (Wildman–Crippen LogP) is 2.12. The molecule has 1 aromatic rings. The molecule has 0 saturated heterocycles. The van der Waals surface area contributed by atoms with Gasteiger partial charge in [0, 0.05) is 12.6 Å². The Morgan fingerprint density at radius 3 is 2.90 bits per heavy atom. The number of benzene rings is 1. The van der Waals surface area contributed by atoms with Crippen LogP contribution in [0.25, 0.3) is 6.08 Å². The van der Waals surface area contributed by atoms with E-state index in [1.165, 1.54) is 31.4 Å². The van der Waals surface area contributed by atoms with Crippen LogP contribution in [0.15, 0.2) is 24.3 Å². The summed E-state index contributed by atoms with van der Waals surface area (Å²) in [5.74, 6) is -0.578. The predicted molar refractivity (Wildman–Crippen MR) is 75.9 cm³/mol. The minimum atomic E-state index is -0.471. The molecule has 0 heterocycles. The molecule has 0 bridgehead atoms. The van der Waals surface area contributed by atoms with Crippen molar-refractivity contribution in [3.8, 4) is 5.75 Å². The standard InChI is InChI=1S/C15H20FNO3/c1-3-12(18)8-9-17-15(19)7-5-11-4-6-14(20-2)13(16)10-11/h4-7,10,12,18H,3,8-9H2,1-2H3,(H,17,19)/b7-5+. The Morgan fingerprint density at radius 2 is 2.30 bits per heavy atom. The second-order valence-electron chi connectivity index (χ2n) is 4.37. The third-order valence-electron chi connectivity index (χ3n) is 2.85. The van der Waals surface area contributed by atoms with Gasteiger partial charge in [-0.3, -0.25) is 4.79 Å². The number of nitrogens with one attached hydrogen (secondary N) is 1. The van der Waals surface area contributed by atoms with E-state index in [-0.39, 0.29) is 11.7 Å². The molecule has 0 saturated carbocycles. The van der Waals surface area contributed by atoms with Crippen LogP contribution >= 0.6 is 0 Å². The zero-order valence-electron chi connectivity index (χ0n) is 11.7. The molecule has 1 amide bonds. The lowest BCUT2D eigenvalue weighted by Gasteiger charge is -2.07. The van der Waals surface area contributed by atoms with Gasteiger partial charge in [-0.1, -0.05) is 13.0 Å². The van der Waals surface area contributed by atoms with Crippen LogP contribution in [0.2, 0.25) is 0 Å². The quantitative estimate of drug-likeness (QED) is 0.753. The van der Waals surface area contributed by atoms with Crippen LogP contribution in [0.3, 0.4) is 0 Å². The molecule has 4 nitrogen and oxygen atoms in total. The number of hydrogen-bond donors (Lipinski definition) is 2. The van der Waals surface area contributed by atoms with Crippen molar-refractivity contribution in [1.29, 1.82) is 0 Å². The van der Waals surface area contributed by atoms with E-state index in [0.29, 0.717) is 24.9 Å². The summed E-state index contributed by atoms with van der Waals surface area (Å²) in [7, 11) is 1.39. The SMILES string of the molecule is CCC(O)CCNC(=O)/C=C/c1ccc(OC)c(F)c1. The Labute approximate surface area is 118 Å². The Balaban J connectivity index is 2.47. The van der Waals surface area contributed by atoms with E-state index in [1.54, 1.807) is 6.07 Å². The molecule has 1 rings (SSSR count). The van der Waals surface area contributed by atoms with Crippen molar-refractivity contribution in [2.24, 2.45) is 0 Å². The lowest BCUT2D eigenvalue weighted by atomic mass is 10.2. The minimum Gasteiger partial charge on any atom is -0.494 e. The van der Waals surface area contributed by atoms with Crippen molar-refractivity contribution in [3.63, 3.8) is 0 Å². The van der Waals surface area contributed by atoms with Crippen LogP contribution in [0.5, 0.6) is 5.75 Å². The van der Waals surface area contributed by atoms with Gasteiger partial charge < -0.3 is 15.2 Å². The summed E-state index contributed by atoms with van der Waals surface area (Å²) in [5.41, 5.74) is 0.576. The zero-order valence-corrected chi connectivity index (χ0v) is 11.7. The first-order chi connectivity index (χ1) is 9.56. The Morgan fingerprint density at radius 1 is 1.55 bits per heavy atom. The molecule has 5 heteroatoms. The largest absolute Gasteiger partial charge is 0.494 e. The highest BCUT2D eigenvalue weighted by molar-refractivity contribution is 5.91. The first kappa shape index (κ1) is 16.2. The average Bonchev–Trinajstić information content (AvgIpc) is 2.45. The summed E-state index contributed by atoms with van der Waals surface area (Å²) >= 11 is 0. The molecule has 1 aromatic carbocycles. The van der Waals surface area contributed by atoms with Crippen LogP contribution in [0, 0.1) is 5.82 Å². The molecular formula is C15H20FNO3. The fraction of sp³-hybridized carbons (Fsp3) is 0.400. The summed E-state index contributed by atoms with van der Waals surface area (Å²) in [4.78, 5) is 11.5. The van der Waals surface area contributed by atoms with Crippen LogP contribution in [0.4, 0.5) is 4.39 Å². The van der Waals surface area contributed by atoms with Crippen molar-refractivity contribution in [2.75, 3.05) is 13.7 Å². The molecule has 0 aromatic heterocycles. The monoisotopic (exact) mass is 281 g/mol. The Bertz CT molecular complexity index is 474. The maximum absolute atomic E-state index is 13.4. The smallest absolute Gasteiger partial charge is 0.244 e. The molecule has 0 fully saturated rings. The zero-order chi connectivity index (χ0) is 15.0. The molecule has 1 unspecified atom stereocenters. The van der Waals surface area contributed by atoms with Crippen molar-refractivity contribution in [2.45, 2.75) is 25.9 Å². The number of ether oxygens (including phenoxy) is 1. The number of methoxy groups -OCH3 is 1. The number of carbonyl (C=O) groups is 1. The molecule has 0 aliphatic carbocycles. The van der Waals surface area contributed by atoms with E-state index in [2.05, 4.69) is 5.32 Å². The molecule has 1 atom stereocenters. The van der Waals surface area contributed by atoms with Crippen molar-refractivity contribution in [1.82, 2.24) is 5.32 Å². The number of amides is 1.